The van der Waals surface area contributed by atoms with Gasteiger partial charge in [-0.2, -0.15) is 0 Å². The van der Waals surface area contributed by atoms with Gasteiger partial charge in [-0.1, -0.05) is 38.8 Å². The summed E-state index contributed by atoms with van der Waals surface area (Å²) < 4.78 is 4.71. The summed E-state index contributed by atoms with van der Waals surface area (Å²) >= 11 is 0. The van der Waals surface area contributed by atoms with E-state index in [9.17, 15) is 52.7 Å². The molecule has 5 rings (SSSR count). The molecule has 0 atom stereocenters. The number of ether oxygens (including phenoxy) is 1. The van der Waals surface area contributed by atoms with Crippen LogP contribution in [0.15, 0.2) is 25.3 Å². The second-order valence-corrected chi connectivity index (χ2v) is 16.7. The number of hydrogen-bond donors (Lipinski definition) is 7. The molecule has 0 aromatic heterocycles. The molecule has 5 aliphatic heterocycles. The molecule has 8 N–H and O–H groups in total. The molecule has 0 aromatic rings. The zero-order valence-electron chi connectivity index (χ0n) is 42.8. The topological polar surface area (TPSA) is 336 Å². The fourth-order valence-electron chi connectivity index (χ4n) is 6.96. The van der Waals surface area contributed by atoms with Crippen molar-refractivity contribution in [3.63, 3.8) is 0 Å². The Kier molecular flexibility index (Phi) is 38.7. The van der Waals surface area contributed by atoms with Crippen LogP contribution in [0.3, 0.4) is 0 Å². The molecule has 5 heterocycles. The van der Waals surface area contributed by atoms with Crippen molar-refractivity contribution in [2.45, 2.75) is 129 Å². The van der Waals surface area contributed by atoms with Crippen molar-refractivity contribution in [2.75, 3.05) is 85.3 Å². The third kappa shape index (κ3) is 30.4. The Balaban J connectivity index is 0.000000900. The van der Waals surface area contributed by atoms with E-state index in [2.05, 4.69) is 29.1 Å². The Morgan fingerprint density at radius 2 is 0.877 bits per heavy atom. The molecule has 0 unspecified atom stereocenters. The quantitative estimate of drug-likeness (QED) is 0.0715. The first-order valence-corrected chi connectivity index (χ1v) is 25.2. The normalized spacial score (nSPS) is 17.1. The number of amides is 13. The van der Waals surface area contributed by atoms with Crippen molar-refractivity contribution in [1.29, 1.82) is 0 Å². The highest BCUT2D eigenvalue weighted by Gasteiger charge is 2.32. The van der Waals surface area contributed by atoms with Crippen LogP contribution in [0, 0.1) is 6.42 Å². The molecule has 24 nitrogen and oxygen atoms in total. The molecule has 13 amide bonds. The summed E-state index contributed by atoms with van der Waals surface area (Å²) in [5, 5.41) is 32.3. The Morgan fingerprint density at radius 1 is 0.534 bits per heavy atom. The number of hydrogen-bond acceptors (Lipinski definition) is 16. The number of aliphatic hydroxyl groups is 3. The molecule has 0 bridgehead atoms. The molecule has 0 radical (unpaired) electrons. The number of carbonyl (C=O) groups excluding carboxylic acids is 11. The Labute approximate surface area is 429 Å². The van der Waals surface area contributed by atoms with Crippen LogP contribution in [0.1, 0.15) is 129 Å². The summed E-state index contributed by atoms with van der Waals surface area (Å²) in [5.74, 6) is -1.20. The number of allylic oxidation sites excluding steroid dienone is 1. The number of aliphatic hydroxyl groups excluding tert-OH is 3. The summed E-state index contributed by atoms with van der Waals surface area (Å²) in [6, 6.07) is -1.60. The predicted octanol–water partition coefficient (Wildman–Crippen LogP) is 2.43. The highest BCUT2D eigenvalue weighted by atomic mass is 16.5. The zero-order chi connectivity index (χ0) is 54.8. The molecule has 73 heavy (non-hydrogen) atoms. The van der Waals surface area contributed by atoms with E-state index in [-0.39, 0.29) is 87.4 Å². The first-order valence-electron chi connectivity index (χ1n) is 25.2. The molecule has 0 aromatic carbocycles. The zero-order valence-corrected chi connectivity index (χ0v) is 42.8. The van der Waals surface area contributed by atoms with Gasteiger partial charge in [0.25, 0.3) is 5.91 Å². The largest absolute Gasteiger partial charge is 0.461 e. The van der Waals surface area contributed by atoms with Crippen molar-refractivity contribution in [3.05, 3.63) is 31.7 Å². The second-order valence-electron chi connectivity index (χ2n) is 16.7. The molecule has 5 fully saturated rings. The lowest BCUT2D eigenvalue weighted by atomic mass is 10.2. The van der Waals surface area contributed by atoms with Gasteiger partial charge in [0.05, 0.1) is 39.2 Å². The first-order chi connectivity index (χ1) is 35.0. The van der Waals surface area contributed by atoms with Gasteiger partial charge < -0.3 is 41.7 Å². The van der Waals surface area contributed by atoms with E-state index in [1.54, 1.807) is 0 Å². The fourth-order valence-corrected chi connectivity index (χ4v) is 6.96. The van der Waals surface area contributed by atoms with Crippen LogP contribution < -0.4 is 21.7 Å². The number of urea groups is 4. The van der Waals surface area contributed by atoms with Crippen molar-refractivity contribution in [1.82, 2.24) is 40.4 Å². The van der Waals surface area contributed by atoms with Gasteiger partial charge in [0.1, 0.15) is 6.61 Å². The minimum Gasteiger partial charge on any atom is -0.461 e. The highest BCUT2D eigenvalue weighted by molar-refractivity contribution is 6.02. The van der Waals surface area contributed by atoms with Crippen LogP contribution in [0.5, 0.6) is 0 Å². The fraction of sp³-hybridized carbons (Fsp3) is 0.673. The number of ketones is 1. The lowest BCUT2D eigenvalue weighted by Gasteiger charge is -2.26. The molecule has 5 aliphatic rings. The van der Waals surface area contributed by atoms with Crippen molar-refractivity contribution in [3.8, 4) is 0 Å². The van der Waals surface area contributed by atoms with Gasteiger partial charge in [0, 0.05) is 90.5 Å². The number of carbonyl (C=O) groups is 11. The number of nitrogens with zero attached hydrogens (tertiary/aromatic N) is 5. The molecule has 0 saturated carbocycles. The van der Waals surface area contributed by atoms with Gasteiger partial charge in [-0.05, 0) is 64.4 Å². The molecule has 412 valence electrons. The average Bonchev–Trinajstić information content (AvgIpc) is 4.00. The maximum Gasteiger partial charge on any atom is 0.333 e. The van der Waals surface area contributed by atoms with Crippen molar-refractivity contribution >= 4 is 65.4 Å². The lowest BCUT2D eigenvalue weighted by Crippen LogP contribution is -2.48. The highest BCUT2D eigenvalue weighted by Crippen LogP contribution is 2.18. The smallest absolute Gasteiger partial charge is 0.333 e. The predicted molar refractivity (Wildman–Crippen MR) is 269 cm³/mol. The van der Waals surface area contributed by atoms with Crippen LogP contribution in [0.4, 0.5) is 19.2 Å². The molecule has 5 saturated heterocycles. The molecule has 0 aliphatic carbocycles. The Bertz CT molecular complexity index is 1690. The van der Waals surface area contributed by atoms with E-state index in [1.165, 1.54) is 37.5 Å². The Hall–Kier alpha value is -6.24. The minimum absolute atomic E-state index is 0.0185. The van der Waals surface area contributed by atoms with Gasteiger partial charge in [-0.15, -0.1) is 0 Å². The monoisotopic (exact) mass is 1040 g/mol. The summed E-state index contributed by atoms with van der Waals surface area (Å²) in [6.07, 6.45) is 18.7. The summed E-state index contributed by atoms with van der Waals surface area (Å²) in [7, 11) is 0. The van der Waals surface area contributed by atoms with Gasteiger partial charge in [-0.3, -0.25) is 53.3 Å². The number of nitrogens with one attached hydrogen (secondary N) is 3. The van der Waals surface area contributed by atoms with Crippen LogP contribution in [-0.2, 0) is 38.3 Å². The number of imide groups is 5. The molecule has 24 heteroatoms. The summed E-state index contributed by atoms with van der Waals surface area (Å²) in [5.41, 5.74) is 4.78. The van der Waals surface area contributed by atoms with Crippen LogP contribution in [-0.4, -0.2) is 191 Å². The van der Waals surface area contributed by atoms with E-state index in [0.29, 0.717) is 71.4 Å². The van der Waals surface area contributed by atoms with E-state index >= 15 is 0 Å². The van der Waals surface area contributed by atoms with Crippen LogP contribution in [0.25, 0.3) is 0 Å². The lowest BCUT2D eigenvalue weighted by molar-refractivity contribution is -0.138. The van der Waals surface area contributed by atoms with E-state index in [0.717, 1.165) is 96.0 Å². The Morgan fingerprint density at radius 3 is 1.23 bits per heavy atom. The van der Waals surface area contributed by atoms with E-state index < -0.39 is 24.1 Å². The van der Waals surface area contributed by atoms with Crippen LogP contribution in [0.2, 0.25) is 0 Å². The summed E-state index contributed by atoms with van der Waals surface area (Å²) in [6.45, 7) is 11.2. The van der Waals surface area contributed by atoms with E-state index in [1.807, 2.05) is 6.42 Å². The SMILES string of the molecule is C=CC(=O)OCCNC(=O)N1CCCCCC1=O.C=CC(C)=O.NCCO.O=C1CCCCCN1C(=O)N1CCCCCC1=O.O=C1CCCCCN1C(=O)NCCO.O=C1C[CH+]CCCN1C(=O)NCCO. The maximum absolute atomic E-state index is 12.3. The third-order valence-corrected chi connectivity index (χ3v) is 10.9. The molecular formula is C49H82N9O15+. The standard InChI is InChI=1S/C13H20N2O3.C12H18N2O4.C9H16N2O3.C9H14N2O3.C4H6O.C2H7NO/c16-11-7-3-1-5-9-14(11)13(18)15-10-6-2-4-8-12(15)17;1-2-11(16)18-9-7-13-12(17)14-8-5-3-4-6-10(14)15;2*12-7-5-10-9(14)11-6-3-1-2-4-8(11)13;1-3-4(2)5;3-1-2-4/h1-10H2;2H,1,3-9H2,(H,13,17);12H,1-7H2,(H,10,14);2,12H,1,3-7H2;3H,1H2,2H3;4H,1-3H2/p+1. The van der Waals surface area contributed by atoms with E-state index in [4.69, 9.17) is 25.8 Å². The van der Waals surface area contributed by atoms with Gasteiger partial charge in [0.15, 0.2) is 12.2 Å². The third-order valence-electron chi connectivity index (χ3n) is 10.9. The van der Waals surface area contributed by atoms with Crippen LogP contribution >= 0.6 is 0 Å². The van der Waals surface area contributed by atoms with Crippen molar-refractivity contribution < 1.29 is 72.8 Å². The first kappa shape index (κ1) is 66.8. The maximum atomic E-state index is 12.3. The second kappa shape index (κ2) is 42.3. The number of rotatable bonds is 10. The van der Waals surface area contributed by atoms with Gasteiger partial charge in [-0.25, -0.2) is 24.0 Å². The van der Waals surface area contributed by atoms with Crippen molar-refractivity contribution in [2.24, 2.45) is 5.73 Å². The number of esters is 1. The minimum atomic E-state index is -0.532. The number of likely N-dealkylation sites (tertiary alicyclic amines) is 5. The molecule has 0 spiro atoms. The summed E-state index contributed by atoms with van der Waals surface area (Å²) in [4.78, 5) is 132. The number of nitrogens with two attached hydrogens (primary N) is 1. The van der Waals surface area contributed by atoms with Gasteiger partial charge in [0.2, 0.25) is 23.6 Å². The van der Waals surface area contributed by atoms with Gasteiger partial charge >= 0.3 is 30.1 Å². The average molecular weight is 1040 g/mol. The molecular weight excluding hydrogens is 955 g/mol.